The maximum absolute atomic E-state index is 14.0. The van der Waals surface area contributed by atoms with Crippen molar-refractivity contribution >= 4 is 27.3 Å². The number of rotatable bonds is 5. The fraction of sp³-hybridized carbons (Fsp3) is 0.571. The van der Waals surface area contributed by atoms with E-state index in [-0.39, 0.29) is 16.1 Å². The van der Waals surface area contributed by atoms with Crippen LogP contribution in [0.5, 0.6) is 0 Å². The summed E-state index contributed by atoms with van der Waals surface area (Å²) >= 11 is 5.77. The molecule has 4 nitrogen and oxygen atoms in total. The van der Waals surface area contributed by atoms with Crippen LogP contribution in [0.25, 0.3) is 0 Å². The van der Waals surface area contributed by atoms with Gasteiger partial charge < -0.3 is 5.73 Å². The molecule has 1 aromatic rings. The van der Waals surface area contributed by atoms with Crippen molar-refractivity contribution in [2.45, 2.75) is 43.9 Å². The van der Waals surface area contributed by atoms with Crippen LogP contribution in [0.3, 0.4) is 0 Å². The van der Waals surface area contributed by atoms with Gasteiger partial charge in [0.15, 0.2) is 5.82 Å². The Balaban J connectivity index is 2.23. The van der Waals surface area contributed by atoms with E-state index in [4.69, 9.17) is 17.3 Å². The van der Waals surface area contributed by atoms with E-state index in [9.17, 15) is 12.8 Å². The van der Waals surface area contributed by atoms with Gasteiger partial charge in [-0.1, -0.05) is 31.4 Å². The summed E-state index contributed by atoms with van der Waals surface area (Å²) in [4.78, 5) is -0.489. The van der Waals surface area contributed by atoms with Gasteiger partial charge in [-0.25, -0.2) is 17.5 Å². The summed E-state index contributed by atoms with van der Waals surface area (Å²) < 4.78 is 41.1. The van der Waals surface area contributed by atoms with Crippen LogP contribution < -0.4 is 10.5 Å². The van der Waals surface area contributed by atoms with Gasteiger partial charge in [0.2, 0.25) is 10.0 Å². The van der Waals surface area contributed by atoms with Crippen molar-refractivity contribution in [2.75, 3.05) is 12.3 Å². The fourth-order valence-electron chi connectivity index (χ4n) is 2.89. The molecule has 1 fully saturated rings. The van der Waals surface area contributed by atoms with Crippen molar-refractivity contribution < 1.29 is 12.8 Å². The normalized spacial score (nSPS) is 18.0. The zero-order chi connectivity index (χ0) is 15.7. The minimum atomic E-state index is -3.96. The third-order valence-electron chi connectivity index (χ3n) is 4.37. The van der Waals surface area contributed by atoms with Crippen LogP contribution in [0.1, 0.15) is 39.0 Å². The molecule has 7 heteroatoms. The first-order valence-corrected chi connectivity index (χ1v) is 8.90. The lowest BCUT2D eigenvalue weighted by atomic mass is 9.84. The first-order valence-electron chi connectivity index (χ1n) is 7.04. The SMILES string of the molecule is CCC1(CNS(=O)(=O)c2cc(Cl)cc(N)c2F)CCCC1. The van der Waals surface area contributed by atoms with Gasteiger partial charge >= 0.3 is 0 Å². The Morgan fingerprint density at radius 1 is 1.38 bits per heavy atom. The third kappa shape index (κ3) is 3.49. The lowest BCUT2D eigenvalue weighted by Gasteiger charge is -2.27. The molecular formula is C14H20ClFN2O2S. The number of nitrogens with two attached hydrogens (primary N) is 1. The monoisotopic (exact) mass is 334 g/mol. The fourth-order valence-corrected chi connectivity index (χ4v) is 4.47. The van der Waals surface area contributed by atoms with Crippen LogP contribution in [0.4, 0.5) is 10.1 Å². The van der Waals surface area contributed by atoms with Crippen molar-refractivity contribution in [2.24, 2.45) is 5.41 Å². The molecule has 118 valence electrons. The Morgan fingerprint density at radius 3 is 2.57 bits per heavy atom. The van der Waals surface area contributed by atoms with Crippen molar-refractivity contribution in [1.29, 1.82) is 0 Å². The smallest absolute Gasteiger partial charge is 0.243 e. The van der Waals surface area contributed by atoms with Crippen LogP contribution >= 0.6 is 11.6 Å². The zero-order valence-corrected chi connectivity index (χ0v) is 13.5. The van der Waals surface area contributed by atoms with E-state index in [1.165, 1.54) is 6.07 Å². The molecule has 1 aliphatic carbocycles. The highest BCUT2D eigenvalue weighted by Gasteiger charge is 2.34. The van der Waals surface area contributed by atoms with Gasteiger partial charge in [0.25, 0.3) is 0 Å². The topological polar surface area (TPSA) is 72.2 Å². The van der Waals surface area contributed by atoms with Crippen LogP contribution in [-0.4, -0.2) is 15.0 Å². The summed E-state index contributed by atoms with van der Waals surface area (Å²) in [5.41, 5.74) is 5.15. The average molecular weight is 335 g/mol. The molecule has 0 aromatic heterocycles. The molecule has 0 radical (unpaired) electrons. The summed E-state index contributed by atoms with van der Waals surface area (Å²) in [7, 11) is -3.96. The van der Waals surface area contributed by atoms with Gasteiger partial charge in [-0.05, 0) is 36.8 Å². The quantitative estimate of drug-likeness (QED) is 0.811. The summed E-state index contributed by atoms with van der Waals surface area (Å²) in [6, 6.07) is 2.28. The van der Waals surface area contributed by atoms with E-state index in [1.807, 2.05) is 0 Å². The van der Waals surface area contributed by atoms with Gasteiger partial charge in [-0.15, -0.1) is 0 Å². The van der Waals surface area contributed by atoms with Crippen molar-refractivity contribution in [1.82, 2.24) is 4.72 Å². The van der Waals surface area contributed by atoms with Gasteiger partial charge in [0.1, 0.15) is 4.90 Å². The molecule has 1 saturated carbocycles. The number of sulfonamides is 1. The minimum Gasteiger partial charge on any atom is -0.396 e. The number of halogens is 2. The van der Waals surface area contributed by atoms with E-state index >= 15 is 0 Å². The predicted octanol–water partition coefficient (Wildman–Crippen LogP) is 3.31. The summed E-state index contributed by atoms with van der Waals surface area (Å²) in [6.07, 6.45) is 5.09. The summed E-state index contributed by atoms with van der Waals surface area (Å²) in [6.45, 7) is 2.37. The average Bonchev–Trinajstić information content (AvgIpc) is 2.90. The Bertz CT molecular complexity index is 628. The van der Waals surface area contributed by atoms with E-state index in [0.29, 0.717) is 6.54 Å². The molecule has 0 saturated heterocycles. The highest BCUT2D eigenvalue weighted by atomic mass is 35.5. The van der Waals surface area contributed by atoms with Gasteiger partial charge in [0.05, 0.1) is 5.69 Å². The Hall–Kier alpha value is -0.850. The molecule has 3 N–H and O–H groups in total. The Labute approximate surface area is 129 Å². The molecule has 0 amide bonds. The number of benzene rings is 1. The lowest BCUT2D eigenvalue weighted by Crippen LogP contribution is -2.36. The molecule has 0 heterocycles. The van der Waals surface area contributed by atoms with Gasteiger partial charge in [-0.3, -0.25) is 0 Å². The van der Waals surface area contributed by atoms with E-state index in [0.717, 1.165) is 38.2 Å². The van der Waals surface area contributed by atoms with Crippen LogP contribution in [0.2, 0.25) is 5.02 Å². The third-order valence-corrected chi connectivity index (χ3v) is 5.99. The molecule has 0 atom stereocenters. The maximum atomic E-state index is 14.0. The van der Waals surface area contributed by atoms with E-state index < -0.39 is 20.7 Å². The summed E-state index contributed by atoms with van der Waals surface area (Å²) in [5, 5.41) is 0.0975. The molecule has 2 rings (SSSR count). The number of nitrogen functional groups attached to an aromatic ring is 1. The second kappa shape index (κ2) is 6.10. The van der Waals surface area contributed by atoms with Crippen molar-refractivity contribution in [3.63, 3.8) is 0 Å². The second-order valence-corrected chi connectivity index (χ2v) is 7.86. The number of anilines is 1. The molecular weight excluding hydrogens is 315 g/mol. The summed E-state index contributed by atoms with van der Waals surface area (Å²) in [5.74, 6) is -0.955. The van der Waals surface area contributed by atoms with Crippen LogP contribution in [0.15, 0.2) is 17.0 Å². The number of hydrogen-bond acceptors (Lipinski definition) is 3. The number of hydrogen-bond donors (Lipinski definition) is 2. The molecule has 0 unspecified atom stereocenters. The number of nitrogens with one attached hydrogen (secondary N) is 1. The highest BCUT2D eigenvalue weighted by molar-refractivity contribution is 7.89. The molecule has 21 heavy (non-hydrogen) atoms. The molecule has 1 aliphatic rings. The zero-order valence-electron chi connectivity index (χ0n) is 12.0. The molecule has 1 aromatic carbocycles. The van der Waals surface area contributed by atoms with Crippen molar-refractivity contribution in [3.05, 3.63) is 23.0 Å². The van der Waals surface area contributed by atoms with Crippen LogP contribution in [0, 0.1) is 11.2 Å². The second-order valence-electron chi connectivity index (χ2n) is 5.69. The lowest BCUT2D eigenvalue weighted by molar-refractivity contribution is 0.285. The predicted molar refractivity (Wildman–Crippen MR) is 82.2 cm³/mol. The van der Waals surface area contributed by atoms with Gasteiger partial charge in [0, 0.05) is 11.6 Å². The van der Waals surface area contributed by atoms with E-state index in [1.54, 1.807) is 0 Å². The molecule has 0 bridgehead atoms. The maximum Gasteiger partial charge on any atom is 0.243 e. The Kier molecular flexibility index (Phi) is 4.80. The standard InChI is InChI=1S/C14H20ClFN2O2S/c1-2-14(5-3-4-6-14)9-18-21(19,20)12-8-10(15)7-11(17)13(12)16/h7-8,18H,2-6,9,17H2,1H3. The van der Waals surface area contributed by atoms with Crippen LogP contribution in [-0.2, 0) is 10.0 Å². The van der Waals surface area contributed by atoms with E-state index in [2.05, 4.69) is 11.6 Å². The minimum absolute atomic E-state index is 0.0202. The van der Waals surface area contributed by atoms with Crippen molar-refractivity contribution in [3.8, 4) is 0 Å². The first kappa shape index (κ1) is 16.5. The molecule has 0 spiro atoms. The largest absolute Gasteiger partial charge is 0.396 e. The molecule has 0 aliphatic heterocycles. The first-order chi connectivity index (χ1) is 9.80. The highest BCUT2D eigenvalue weighted by Crippen LogP contribution is 2.40. The van der Waals surface area contributed by atoms with Gasteiger partial charge in [-0.2, -0.15) is 0 Å². The Morgan fingerprint density at radius 2 is 2.00 bits per heavy atom.